The Kier molecular flexibility index (Phi) is 22.2. The van der Waals surface area contributed by atoms with Gasteiger partial charge in [0.1, 0.15) is 6.10 Å². The summed E-state index contributed by atoms with van der Waals surface area (Å²) in [6, 6.07) is -0.112. The smallest absolute Gasteiger partial charge is 0.405 e. The van der Waals surface area contributed by atoms with Gasteiger partial charge in [0.2, 0.25) is 17.5 Å². The number of carbonyl (C=O) groups is 6. The molecule has 0 aromatic heterocycles. The molecule has 2 bridgehead atoms. The number of aliphatic hydroxyl groups is 1. The van der Waals surface area contributed by atoms with E-state index in [1.165, 1.54) is 27.2 Å². The van der Waals surface area contributed by atoms with Gasteiger partial charge < -0.3 is 65.8 Å². The molecular weight excluding hydrogens is 901 g/mol. The van der Waals surface area contributed by atoms with Crippen molar-refractivity contribution in [3.8, 4) is 0 Å². The SMILES string of the molecule is CO[C@H]1/C=C\C=C(/C)C(=O)NC2=CC(=O)C(NCCOCCOCCOCCNC(=O)CCCCC3SCC4(C)NC(=O)NC34C)=C(C[C@@H](C)C[C@H](OC)[C@H](O)[C@@H](C)/C=C(\C)[C@@H]1OC(N)=O)C2=O. The first-order chi connectivity index (χ1) is 32.3. The number of nitrogens with two attached hydrogens (primary N) is 1. The maximum Gasteiger partial charge on any atom is 0.405 e. The molecule has 4 rings (SSSR count). The molecule has 68 heavy (non-hydrogen) atoms. The zero-order valence-corrected chi connectivity index (χ0v) is 41.7. The van der Waals surface area contributed by atoms with Crippen LogP contribution in [0.15, 0.2) is 58.5 Å². The van der Waals surface area contributed by atoms with E-state index in [0.717, 1.165) is 31.1 Å². The van der Waals surface area contributed by atoms with Crippen molar-refractivity contribution in [2.45, 2.75) is 121 Å². The number of urea groups is 1. The van der Waals surface area contributed by atoms with E-state index >= 15 is 0 Å². The molecule has 2 fully saturated rings. The first-order valence-corrected chi connectivity index (χ1v) is 24.4. The Morgan fingerprint density at radius 3 is 2.28 bits per heavy atom. The lowest BCUT2D eigenvalue weighted by molar-refractivity contribution is -0.121. The van der Waals surface area contributed by atoms with Gasteiger partial charge in [-0.15, -0.1) is 0 Å². The molecule has 8 N–H and O–H groups in total. The summed E-state index contributed by atoms with van der Waals surface area (Å²) in [5, 5.41) is 26.5. The Bertz CT molecular complexity index is 1960. The van der Waals surface area contributed by atoms with Gasteiger partial charge >= 0.3 is 12.1 Å². The van der Waals surface area contributed by atoms with Gasteiger partial charge in [-0.2, -0.15) is 11.8 Å². The molecular formula is C48H74N6O13S. The van der Waals surface area contributed by atoms with E-state index in [4.69, 9.17) is 34.2 Å². The van der Waals surface area contributed by atoms with Crippen LogP contribution in [0.2, 0.25) is 0 Å². The Balaban J connectivity index is 1.21. The Hall–Kier alpha value is -4.57. The second kappa shape index (κ2) is 27.0. The maximum atomic E-state index is 14.0. The number of nitrogens with one attached hydrogen (secondary N) is 5. The van der Waals surface area contributed by atoms with E-state index in [9.17, 15) is 33.9 Å². The van der Waals surface area contributed by atoms with Crippen molar-refractivity contribution in [2.24, 2.45) is 17.6 Å². The number of methoxy groups -OCH3 is 2. The minimum Gasteiger partial charge on any atom is -0.439 e. The van der Waals surface area contributed by atoms with Gasteiger partial charge in [0, 0.05) is 67.9 Å². The number of rotatable bonds is 21. The van der Waals surface area contributed by atoms with Crippen LogP contribution in [0.5, 0.6) is 0 Å². The molecule has 2 saturated heterocycles. The zero-order valence-electron chi connectivity index (χ0n) is 40.9. The maximum absolute atomic E-state index is 14.0. The number of hydrogen-bond donors (Lipinski definition) is 7. The molecule has 1 aliphatic carbocycles. The first kappa shape index (κ1) is 56.0. The van der Waals surface area contributed by atoms with Crippen LogP contribution in [0.1, 0.15) is 80.1 Å². The van der Waals surface area contributed by atoms with Crippen molar-refractivity contribution in [1.29, 1.82) is 0 Å². The van der Waals surface area contributed by atoms with Gasteiger partial charge in [0.05, 0.1) is 74.3 Å². The average Bonchev–Trinajstić information content (AvgIpc) is 3.66. The second-order valence-electron chi connectivity index (χ2n) is 18.2. The molecule has 0 spiro atoms. The molecule has 380 valence electrons. The lowest BCUT2D eigenvalue weighted by atomic mass is 9.79. The van der Waals surface area contributed by atoms with Gasteiger partial charge in [-0.3, -0.25) is 19.2 Å². The third kappa shape index (κ3) is 15.7. The van der Waals surface area contributed by atoms with Crippen LogP contribution in [0.25, 0.3) is 0 Å². The molecule has 20 heteroatoms. The fraction of sp³-hybridized carbons (Fsp3) is 0.667. The molecule has 9 atom stereocenters. The van der Waals surface area contributed by atoms with Crippen molar-refractivity contribution in [3.63, 3.8) is 0 Å². The number of allylic oxidation sites excluding steroid dienone is 4. The van der Waals surface area contributed by atoms with E-state index < -0.39 is 53.9 Å². The van der Waals surface area contributed by atoms with Gasteiger partial charge in [-0.1, -0.05) is 44.6 Å². The fourth-order valence-corrected chi connectivity index (χ4v) is 10.6. The van der Waals surface area contributed by atoms with Crippen LogP contribution in [-0.4, -0.2) is 154 Å². The normalized spacial score (nSPS) is 31.3. The van der Waals surface area contributed by atoms with Crippen LogP contribution in [0.4, 0.5) is 9.59 Å². The van der Waals surface area contributed by atoms with Crippen molar-refractivity contribution in [3.05, 3.63) is 58.5 Å². The summed E-state index contributed by atoms with van der Waals surface area (Å²) in [6.07, 6.45) is 6.46. The zero-order chi connectivity index (χ0) is 50.0. The highest BCUT2D eigenvalue weighted by Crippen LogP contribution is 2.47. The number of Topliss-reactive ketones (excluding diaryl/α,β-unsaturated/α-hetero) is 1. The fourth-order valence-electron chi connectivity index (χ4n) is 8.75. The van der Waals surface area contributed by atoms with Crippen LogP contribution < -0.4 is 32.3 Å². The summed E-state index contributed by atoms with van der Waals surface area (Å²) in [7, 11) is 2.91. The predicted octanol–water partition coefficient (Wildman–Crippen LogP) is 3.02. The Morgan fingerprint density at radius 2 is 1.62 bits per heavy atom. The average molecular weight is 975 g/mol. The number of aliphatic hydroxyl groups excluding tert-OH is 1. The standard InChI is InChI=1S/C48H74N6O13S/c1-29-24-33-40(51-17-19-65-21-23-66-22-20-64-18-16-50-39(56)15-10-9-14-38-48(6)47(5,28-68-38)53-46(61)54-48)35(55)27-34(42(33)58)52-44(59)30(2)12-11-13-36(62-7)43(67-45(49)60)32(4)26-31(3)41(57)37(25-29)63-8/h11-13,26-27,29,31,36-38,41,43,51,57H,9-10,14-25,28H2,1-8H3,(H2,49,60)(H,50,56)(H,52,59)(H2,53,54,61)/b13-11-,30-12+,32-26+/t29-,31+,36+,37+,38?,41-,43+,47?,48?/m1/s1. The highest BCUT2D eigenvalue weighted by Gasteiger charge is 2.60. The van der Waals surface area contributed by atoms with Crippen molar-refractivity contribution >= 4 is 47.3 Å². The number of primary amides is 1. The highest BCUT2D eigenvalue weighted by atomic mass is 32.2. The highest BCUT2D eigenvalue weighted by molar-refractivity contribution is 8.00. The molecule has 5 amide bonds. The minimum atomic E-state index is -1.02. The van der Waals surface area contributed by atoms with Crippen molar-refractivity contribution < 1.29 is 62.3 Å². The molecule has 0 aromatic rings. The monoisotopic (exact) mass is 975 g/mol. The van der Waals surface area contributed by atoms with E-state index in [1.54, 1.807) is 32.1 Å². The quantitative estimate of drug-likeness (QED) is 0.0378. The van der Waals surface area contributed by atoms with Crippen LogP contribution >= 0.6 is 11.8 Å². The van der Waals surface area contributed by atoms with Crippen molar-refractivity contribution in [1.82, 2.24) is 26.6 Å². The summed E-state index contributed by atoms with van der Waals surface area (Å²) in [6.45, 7) is 13.5. The molecule has 3 heterocycles. The molecule has 0 saturated carbocycles. The van der Waals surface area contributed by atoms with Crippen LogP contribution in [0, 0.1) is 11.8 Å². The molecule has 19 nitrogen and oxygen atoms in total. The molecule has 4 aliphatic rings. The number of unbranched alkanes of at least 4 members (excludes halogenated alkanes) is 1. The lowest BCUT2D eigenvalue weighted by Crippen LogP contribution is -2.58. The number of amides is 5. The molecule has 3 unspecified atom stereocenters. The van der Waals surface area contributed by atoms with Crippen LogP contribution in [0.3, 0.4) is 0 Å². The largest absolute Gasteiger partial charge is 0.439 e. The lowest BCUT2D eigenvalue weighted by Gasteiger charge is -2.35. The Morgan fingerprint density at radius 1 is 0.941 bits per heavy atom. The molecule has 3 aliphatic heterocycles. The van der Waals surface area contributed by atoms with Gasteiger partial charge in [-0.05, 0) is 64.9 Å². The topological polar surface area (TPSA) is 264 Å². The number of carbonyl (C=O) groups excluding carboxylic acids is 6. The third-order valence-corrected chi connectivity index (χ3v) is 14.8. The summed E-state index contributed by atoms with van der Waals surface area (Å²) in [5.41, 5.74) is 5.74. The summed E-state index contributed by atoms with van der Waals surface area (Å²) in [5.74, 6) is -1.54. The number of fused-ring (bicyclic) bond motifs is 3. The van der Waals surface area contributed by atoms with Gasteiger partial charge in [-0.25, -0.2) is 9.59 Å². The van der Waals surface area contributed by atoms with Crippen LogP contribution in [-0.2, 0) is 47.6 Å². The van der Waals surface area contributed by atoms with E-state index in [2.05, 4.69) is 40.4 Å². The van der Waals surface area contributed by atoms with E-state index in [-0.39, 0.29) is 77.7 Å². The second-order valence-corrected chi connectivity index (χ2v) is 19.4. The van der Waals surface area contributed by atoms with E-state index in [1.807, 2.05) is 18.7 Å². The third-order valence-electron chi connectivity index (χ3n) is 12.9. The van der Waals surface area contributed by atoms with Gasteiger partial charge in [0.15, 0.2) is 6.10 Å². The molecule has 0 aromatic carbocycles. The summed E-state index contributed by atoms with van der Waals surface area (Å²) >= 11 is 1.87. The Labute approximate surface area is 404 Å². The molecule has 0 radical (unpaired) electrons. The summed E-state index contributed by atoms with van der Waals surface area (Å²) in [4.78, 5) is 77.0. The number of ether oxygens (including phenoxy) is 6. The number of ketones is 2. The van der Waals surface area contributed by atoms with Gasteiger partial charge in [0.25, 0.3) is 5.91 Å². The van der Waals surface area contributed by atoms with Crippen molar-refractivity contribution in [2.75, 3.05) is 72.7 Å². The number of thioether (sulfide) groups is 1. The minimum absolute atomic E-state index is 0.0186. The predicted molar refractivity (Wildman–Crippen MR) is 256 cm³/mol. The van der Waals surface area contributed by atoms with E-state index in [0.29, 0.717) is 56.6 Å². The number of hydrogen-bond acceptors (Lipinski definition) is 15. The first-order valence-electron chi connectivity index (χ1n) is 23.4. The summed E-state index contributed by atoms with van der Waals surface area (Å²) < 4.78 is 33.6.